The van der Waals surface area contributed by atoms with Gasteiger partial charge in [0.05, 0.1) is 5.92 Å². The van der Waals surface area contributed by atoms with Crippen molar-refractivity contribution in [3.63, 3.8) is 0 Å². The van der Waals surface area contributed by atoms with E-state index >= 15 is 0 Å². The van der Waals surface area contributed by atoms with E-state index in [9.17, 15) is 14.4 Å². The smallest absolute Gasteiger partial charge is 0.414 e. The Kier molecular flexibility index (Phi) is 5.29. The minimum absolute atomic E-state index is 0.0172. The van der Waals surface area contributed by atoms with Gasteiger partial charge in [0.15, 0.2) is 5.69 Å². The van der Waals surface area contributed by atoms with Crippen LogP contribution >= 0.6 is 0 Å². The molecule has 9 nitrogen and oxygen atoms in total. The van der Waals surface area contributed by atoms with Crippen LogP contribution in [0.5, 0.6) is 0 Å². The molecule has 0 saturated heterocycles. The SMILES string of the molecule is O=C(Nc1cc(C(=O)NCC2CC2C(=O)O)no1)OCC1c2ccccc2-c2ccccc21. The summed E-state index contributed by atoms with van der Waals surface area (Å²) in [7, 11) is 0. The molecule has 1 saturated carbocycles. The van der Waals surface area contributed by atoms with Crippen LogP contribution in [0, 0.1) is 11.8 Å². The Labute approximate surface area is 188 Å². The van der Waals surface area contributed by atoms with Crippen LogP contribution in [0.2, 0.25) is 0 Å². The van der Waals surface area contributed by atoms with Gasteiger partial charge in [0.25, 0.3) is 5.91 Å². The monoisotopic (exact) mass is 447 g/mol. The summed E-state index contributed by atoms with van der Waals surface area (Å²) in [6.07, 6.45) is -0.175. The van der Waals surface area contributed by atoms with Crippen LogP contribution < -0.4 is 10.6 Å². The van der Waals surface area contributed by atoms with Gasteiger partial charge in [-0.1, -0.05) is 53.7 Å². The van der Waals surface area contributed by atoms with Crippen LogP contribution in [0.4, 0.5) is 10.7 Å². The van der Waals surface area contributed by atoms with E-state index in [1.54, 1.807) is 0 Å². The van der Waals surface area contributed by atoms with E-state index in [-0.39, 0.29) is 36.6 Å². The molecular formula is C24H21N3O6. The fraction of sp³-hybridized carbons (Fsp3) is 0.250. The second kappa shape index (κ2) is 8.42. The molecule has 0 spiro atoms. The molecule has 2 amide bonds. The number of hydrogen-bond acceptors (Lipinski definition) is 6. The highest BCUT2D eigenvalue weighted by molar-refractivity contribution is 5.94. The topological polar surface area (TPSA) is 131 Å². The molecule has 2 aromatic carbocycles. The molecule has 2 unspecified atom stereocenters. The molecule has 33 heavy (non-hydrogen) atoms. The Hall–Kier alpha value is -4.14. The number of carbonyl (C=O) groups is 3. The molecule has 168 valence electrons. The molecule has 0 radical (unpaired) electrons. The summed E-state index contributed by atoms with van der Waals surface area (Å²) in [5.41, 5.74) is 4.45. The average Bonchev–Trinajstić information content (AvgIpc) is 3.35. The Morgan fingerprint density at radius 1 is 1.06 bits per heavy atom. The Morgan fingerprint density at radius 2 is 1.73 bits per heavy atom. The number of aromatic nitrogens is 1. The first kappa shape index (κ1) is 20.7. The maximum Gasteiger partial charge on any atom is 0.414 e. The summed E-state index contributed by atoms with van der Waals surface area (Å²) in [4.78, 5) is 35.3. The number of carboxylic acids is 1. The molecular weight excluding hydrogens is 426 g/mol. The number of benzene rings is 2. The summed E-state index contributed by atoms with van der Waals surface area (Å²) in [6.45, 7) is 0.394. The van der Waals surface area contributed by atoms with Crippen LogP contribution in [0.15, 0.2) is 59.1 Å². The van der Waals surface area contributed by atoms with E-state index in [0.29, 0.717) is 6.42 Å². The third-order valence-corrected chi connectivity index (χ3v) is 6.08. The van der Waals surface area contributed by atoms with E-state index < -0.39 is 23.9 Å². The minimum Gasteiger partial charge on any atom is -0.481 e. The van der Waals surface area contributed by atoms with Crippen molar-refractivity contribution in [1.29, 1.82) is 0 Å². The van der Waals surface area contributed by atoms with E-state index in [4.69, 9.17) is 14.4 Å². The molecule has 9 heteroatoms. The fourth-order valence-corrected chi connectivity index (χ4v) is 4.27. The molecule has 2 aliphatic carbocycles. The number of amides is 2. The van der Waals surface area contributed by atoms with Gasteiger partial charge in [-0.2, -0.15) is 0 Å². The average molecular weight is 447 g/mol. The highest BCUT2D eigenvalue weighted by Gasteiger charge is 2.43. The highest BCUT2D eigenvalue weighted by atomic mass is 16.6. The number of nitrogens with one attached hydrogen (secondary N) is 2. The van der Waals surface area contributed by atoms with Gasteiger partial charge in [0, 0.05) is 18.5 Å². The van der Waals surface area contributed by atoms with Crippen molar-refractivity contribution in [2.45, 2.75) is 12.3 Å². The van der Waals surface area contributed by atoms with E-state index in [1.807, 2.05) is 36.4 Å². The first-order valence-electron chi connectivity index (χ1n) is 10.6. The van der Waals surface area contributed by atoms with Gasteiger partial charge in [-0.15, -0.1) is 0 Å². The van der Waals surface area contributed by atoms with Crippen molar-refractivity contribution in [1.82, 2.24) is 10.5 Å². The normalized spacial score (nSPS) is 18.2. The zero-order valence-electron chi connectivity index (χ0n) is 17.5. The predicted octanol–water partition coefficient (Wildman–Crippen LogP) is 3.49. The number of nitrogens with zero attached hydrogens (tertiary/aromatic N) is 1. The molecule has 0 aliphatic heterocycles. The third kappa shape index (κ3) is 4.17. The summed E-state index contributed by atoms with van der Waals surface area (Å²) >= 11 is 0. The molecule has 3 aromatic rings. The summed E-state index contributed by atoms with van der Waals surface area (Å²) in [5.74, 6) is -1.94. The first-order chi connectivity index (χ1) is 16.0. The van der Waals surface area contributed by atoms with Crippen LogP contribution in [-0.4, -0.2) is 41.4 Å². The number of aliphatic carboxylic acids is 1. The van der Waals surface area contributed by atoms with Crippen molar-refractivity contribution in [2.24, 2.45) is 11.8 Å². The van der Waals surface area contributed by atoms with Crippen LogP contribution in [0.1, 0.15) is 34.0 Å². The quantitative estimate of drug-likeness (QED) is 0.505. The lowest BCUT2D eigenvalue weighted by molar-refractivity contribution is -0.138. The highest BCUT2D eigenvalue weighted by Crippen LogP contribution is 2.44. The first-order valence-corrected chi connectivity index (χ1v) is 10.6. The van der Waals surface area contributed by atoms with Crippen LogP contribution in [0.3, 0.4) is 0 Å². The maximum absolute atomic E-state index is 12.3. The number of hydrogen-bond donors (Lipinski definition) is 3. The van der Waals surface area contributed by atoms with Crippen molar-refractivity contribution < 1.29 is 28.8 Å². The molecule has 1 aromatic heterocycles. The standard InChI is InChI=1S/C24H21N3O6/c28-22(25-11-13-9-18(13)23(29)30)20-10-21(33-27-20)26-24(31)32-12-19-16-7-3-1-5-14(16)15-6-2-4-8-17(15)19/h1-8,10,13,18-19H,9,11-12H2,(H,25,28)(H,26,31)(H,29,30). The molecule has 0 bridgehead atoms. The zero-order valence-corrected chi connectivity index (χ0v) is 17.5. The number of fused-ring (bicyclic) bond motifs is 3. The van der Waals surface area contributed by atoms with Gasteiger partial charge in [-0.3, -0.25) is 14.9 Å². The lowest BCUT2D eigenvalue weighted by Gasteiger charge is -2.13. The largest absolute Gasteiger partial charge is 0.481 e. The number of carbonyl (C=O) groups excluding carboxylic acids is 2. The van der Waals surface area contributed by atoms with Gasteiger partial charge in [-0.05, 0) is 34.6 Å². The Morgan fingerprint density at radius 3 is 2.36 bits per heavy atom. The van der Waals surface area contributed by atoms with Gasteiger partial charge in [0.2, 0.25) is 5.88 Å². The molecule has 5 rings (SSSR count). The molecule has 2 aliphatic rings. The fourth-order valence-electron chi connectivity index (χ4n) is 4.27. The van der Waals surface area contributed by atoms with Crippen LogP contribution in [0.25, 0.3) is 11.1 Å². The lowest BCUT2D eigenvalue weighted by atomic mass is 9.98. The summed E-state index contributed by atoms with van der Waals surface area (Å²) in [5, 5.41) is 17.6. The number of rotatable bonds is 7. The van der Waals surface area contributed by atoms with Gasteiger partial charge in [0.1, 0.15) is 6.61 Å². The molecule has 1 fully saturated rings. The summed E-state index contributed by atoms with van der Waals surface area (Å²) in [6, 6.07) is 17.4. The lowest BCUT2D eigenvalue weighted by Crippen LogP contribution is -2.26. The zero-order chi connectivity index (χ0) is 22.9. The number of ether oxygens (including phenoxy) is 1. The van der Waals surface area contributed by atoms with Gasteiger partial charge in [-0.25, -0.2) is 4.79 Å². The van der Waals surface area contributed by atoms with Crippen molar-refractivity contribution in [3.05, 3.63) is 71.4 Å². The van der Waals surface area contributed by atoms with E-state index in [0.717, 1.165) is 22.3 Å². The third-order valence-electron chi connectivity index (χ3n) is 6.08. The minimum atomic E-state index is -0.856. The van der Waals surface area contributed by atoms with Gasteiger partial charge < -0.3 is 19.7 Å². The Bertz CT molecular complexity index is 1190. The van der Waals surface area contributed by atoms with E-state index in [1.165, 1.54) is 6.07 Å². The Balaban J connectivity index is 1.15. The van der Waals surface area contributed by atoms with Crippen molar-refractivity contribution in [2.75, 3.05) is 18.5 Å². The second-order valence-electron chi connectivity index (χ2n) is 8.18. The van der Waals surface area contributed by atoms with Crippen molar-refractivity contribution in [3.8, 4) is 11.1 Å². The molecule has 2 atom stereocenters. The number of anilines is 1. The number of carboxylic acid groups (broad SMARTS) is 1. The molecule has 3 N–H and O–H groups in total. The second-order valence-corrected chi connectivity index (χ2v) is 8.18. The maximum atomic E-state index is 12.3. The predicted molar refractivity (Wildman–Crippen MR) is 117 cm³/mol. The van der Waals surface area contributed by atoms with E-state index in [2.05, 4.69) is 27.9 Å². The summed E-state index contributed by atoms with van der Waals surface area (Å²) < 4.78 is 10.4. The van der Waals surface area contributed by atoms with Crippen LogP contribution in [-0.2, 0) is 9.53 Å². The van der Waals surface area contributed by atoms with Gasteiger partial charge >= 0.3 is 12.1 Å². The van der Waals surface area contributed by atoms with Crippen molar-refractivity contribution >= 4 is 23.9 Å². The molecule has 1 heterocycles.